The zero-order valence-corrected chi connectivity index (χ0v) is 13.7. The minimum atomic E-state index is -0.289. The first-order valence-electron chi connectivity index (χ1n) is 8.25. The molecule has 3 N–H and O–H groups in total. The normalized spacial score (nSPS) is 24.0. The van der Waals surface area contributed by atoms with E-state index in [1.165, 1.54) is 0 Å². The van der Waals surface area contributed by atoms with E-state index >= 15 is 0 Å². The number of nitrogen functional groups attached to an aromatic ring is 1. The average Bonchev–Trinajstić information content (AvgIpc) is 3.20. The van der Waals surface area contributed by atoms with Gasteiger partial charge in [0.05, 0.1) is 6.04 Å². The largest absolute Gasteiger partial charge is 0.487 e. The number of hydrogen-bond donors (Lipinski definition) is 2. The predicted octanol–water partition coefficient (Wildman–Crippen LogP) is 3.57. The summed E-state index contributed by atoms with van der Waals surface area (Å²) in [6.45, 7) is 6.26. The summed E-state index contributed by atoms with van der Waals surface area (Å²) in [5.41, 5.74) is 7.22. The van der Waals surface area contributed by atoms with Crippen LogP contribution in [0.2, 0.25) is 0 Å². The van der Waals surface area contributed by atoms with Crippen molar-refractivity contribution in [2.45, 2.75) is 64.5 Å². The number of amides is 1. The molecule has 1 aliphatic heterocycles. The van der Waals surface area contributed by atoms with Crippen LogP contribution < -0.4 is 15.8 Å². The van der Waals surface area contributed by atoms with Gasteiger partial charge in [-0.05, 0) is 51.3 Å². The second-order valence-corrected chi connectivity index (χ2v) is 7.42. The lowest BCUT2D eigenvalue weighted by molar-refractivity contribution is -0.127. The molecular formula is C18H26N2O2. The molecule has 4 heteroatoms. The smallest absolute Gasteiger partial charge is 0.226 e. The molecule has 0 aromatic heterocycles. The Kier molecular flexibility index (Phi) is 3.58. The Morgan fingerprint density at radius 1 is 1.41 bits per heavy atom. The van der Waals surface area contributed by atoms with Crippen LogP contribution in [0, 0.1) is 5.41 Å². The van der Waals surface area contributed by atoms with E-state index in [9.17, 15) is 4.79 Å². The molecule has 1 saturated carbocycles. The van der Waals surface area contributed by atoms with Crippen molar-refractivity contribution in [2.75, 3.05) is 5.73 Å². The topological polar surface area (TPSA) is 64.3 Å². The Morgan fingerprint density at radius 2 is 2.14 bits per heavy atom. The molecule has 1 amide bonds. The van der Waals surface area contributed by atoms with Crippen LogP contribution in [-0.2, 0) is 4.79 Å². The molecule has 1 aliphatic carbocycles. The molecule has 1 atom stereocenters. The molecule has 0 bridgehead atoms. The number of nitrogens with two attached hydrogens (primary N) is 1. The first kappa shape index (κ1) is 15.2. The highest BCUT2D eigenvalue weighted by atomic mass is 16.5. The van der Waals surface area contributed by atoms with Crippen molar-refractivity contribution >= 4 is 11.6 Å². The van der Waals surface area contributed by atoms with Crippen molar-refractivity contribution in [2.24, 2.45) is 5.41 Å². The maximum atomic E-state index is 12.7. The Labute approximate surface area is 132 Å². The number of carbonyl (C=O) groups excluding carboxylic acids is 1. The SMILES string of the molecule is CCCC1(C(=O)NC2CC(C)(C)Oc3ccc(N)cc32)CC1. The van der Waals surface area contributed by atoms with E-state index in [-0.39, 0.29) is 23.0 Å². The van der Waals surface area contributed by atoms with E-state index in [0.717, 1.165) is 43.4 Å². The Balaban J connectivity index is 1.84. The van der Waals surface area contributed by atoms with E-state index in [1.54, 1.807) is 0 Å². The summed E-state index contributed by atoms with van der Waals surface area (Å²) in [6, 6.07) is 5.65. The minimum absolute atomic E-state index is 0.0240. The highest BCUT2D eigenvalue weighted by Gasteiger charge is 2.49. The van der Waals surface area contributed by atoms with Gasteiger partial charge in [-0.3, -0.25) is 4.79 Å². The molecule has 1 aromatic rings. The molecule has 120 valence electrons. The fourth-order valence-electron chi connectivity index (χ4n) is 3.53. The van der Waals surface area contributed by atoms with Gasteiger partial charge >= 0.3 is 0 Å². The highest BCUT2D eigenvalue weighted by Crippen LogP contribution is 2.51. The summed E-state index contributed by atoms with van der Waals surface area (Å²) in [4.78, 5) is 12.7. The number of fused-ring (bicyclic) bond motifs is 1. The van der Waals surface area contributed by atoms with Gasteiger partial charge in [0.2, 0.25) is 5.91 Å². The number of benzene rings is 1. The minimum Gasteiger partial charge on any atom is -0.487 e. The van der Waals surface area contributed by atoms with Crippen molar-refractivity contribution in [3.63, 3.8) is 0 Å². The van der Waals surface area contributed by atoms with Crippen LogP contribution in [0.25, 0.3) is 0 Å². The highest BCUT2D eigenvalue weighted by molar-refractivity contribution is 5.85. The quantitative estimate of drug-likeness (QED) is 0.836. The van der Waals surface area contributed by atoms with E-state index in [0.29, 0.717) is 5.69 Å². The predicted molar refractivity (Wildman–Crippen MR) is 87.6 cm³/mol. The van der Waals surface area contributed by atoms with Crippen molar-refractivity contribution in [1.29, 1.82) is 0 Å². The second-order valence-electron chi connectivity index (χ2n) is 7.42. The van der Waals surface area contributed by atoms with Crippen LogP contribution >= 0.6 is 0 Å². The third-order valence-corrected chi connectivity index (χ3v) is 4.86. The Hall–Kier alpha value is -1.71. The van der Waals surface area contributed by atoms with Crippen LogP contribution in [0.4, 0.5) is 5.69 Å². The number of ether oxygens (including phenoxy) is 1. The molecule has 1 heterocycles. The van der Waals surface area contributed by atoms with Gasteiger partial charge in [0, 0.05) is 23.1 Å². The van der Waals surface area contributed by atoms with Gasteiger partial charge in [0.1, 0.15) is 11.4 Å². The molecule has 0 saturated heterocycles. The second kappa shape index (κ2) is 5.18. The zero-order valence-electron chi connectivity index (χ0n) is 13.7. The van der Waals surface area contributed by atoms with Gasteiger partial charge in [0.15, 0.2) is 0 Å². The van der Waals surface area contributed by atoms with Gasteiger partial charge in [0.25, 0.3) is 0 Å². The van der Waals surface area contributed by atoms with E-state index < -0.39 is 0 Å². The summed E-state index contributed by atoms with van der Waals surface area (Å²) in [6.07, 6.45) is 4.83. The molecule has 1 aromatic carbocycles. The summed E-state index contributed by atoms with van der Waals surface area (Å²) >= 11 is 0. The molecular weight excluding hydrogens is 276 g/mol. The summed E-state index contributed by atoms with van der Waals surface area (Å²) in [5.74, 6) is 1.03. The molecule has 3 rings (SSSR count). The number of hydrogen-bond acceptors (Lipinski definition) is 3. The van der Waals surface area contributed by atoms with Crippen molar-refractivity contribution < 1.29 is 9.53 Å². The third kappa shape index (κ3) is 2.79. The van der Waals surface area contributed by atoms with Gasteiger partial charge in [-0.2, -0.15) is 0 Å². The number of carbonyl (C=O) groups is 1. The lowest BCUT2D eigenvalue weighted by Gasteiger charge is -2.38. The fraction of sp³-hybridized carbons (Fsp3) is 0.611. The third-order valence-electron chi connectivity index (χ3n) is 4.86. The van der Waals surface area contributed by atoms with E-state index in [1.807, 2.05) is 18.2 Å². The molecule has 22 heavy (non-hydrogen) atoms. The van der Waals surface area contributed by atoms with Crippen LogP contribution in [0.5, 0.6) is 5.75 Å². The molecule has 1 fully saturated rings. The zero-order chi connectivity index (χ0) is 16.0. The molecule has 4 nitrogen and oxygen atoms in total. The lowest BCUT2D eigenvalue weighted by Crippen LogP contribution is -2.43. The molecule has 0 spiro atoms. The number of rotatable bonds is 4. The van der Waals surface area contributed by atoms with Crippen molar-refractivity contribution in [3.05, 3.63) is 23.8 Å². The maximum absolute atomic E-state index is 12.7. The van der Waals surface area contributed by atoms with Crippen LogP contribution in [0.1, 0.15) is 64.5 Å². The van der Waals surface area contributed by atoms with Gasteiger partial charge in [-0.25, -0.2) is 0 Å². The first-order valence-corrected chi connectivity index (χ1v) is 8.25. The lowest BCUT2D eigenvalue weighted by atomic mass is 9.88. The fourth-order valence-corrected chi connectivity index (χ4v) is 3.53. The van der Waals surface area contributed by atoms with Crippen LogP contribution in [-0.4, -0.2) is 11.5 Å². The number of nitrogens with one attached hydrogen (secondary N) is 1. The van der Waals surface area contributed by atoms with E-state index in [4.69, 9.17) is 10.5 Å². The van der Waals surface area contributed by atoms with Crippen LogP contribution in [0.3, 0.4) is 0 Å². The van der Waals surface area contributed by atoms with Gasteiger partial charge < -0.3 is 15.8 Å². The molecule has 0 radical (unpaired) electrons. The standard InChI is InChI=1S/C18H26N2O2/c1-4-7-18(8-9-18)16(21)20-14-11-17(2,3)22-15-6-5-12(19)10-13(14)15/h5-6,10,14H,4,7-9,11,19H2,1-3H3,(H,20,21). The maximum Gasteiger partial charge on any atom is 0.226 e. The monoisotopic (exact) mass is 302 g/mol. The molecule has 2 aliphatic rings. The summed E-state index contributed by atoms with van der Waals surface area (Å²) in [5, 5.41) is 3.27. The van der Waals surface area contributed by atoms with Gasteiger partial charge in [-0.15, -0.1) is 0 Å². The molecule has 1 unspecified atom stereocenters. The number of anilines is 1. The van der Waals surface area contributed by atoms with Crippen LogP contribution in [0.15, 0.2) is 18.2 Å². The van der Waals surface area contributed by atoms with Crippen molar-refractivity contribution in [3.8, 4) is 5.75 Å². The van der Waals surface area contributed by atoms with Gasteiger partial charge in [-0.1, -0.05) is 13.3 Å². The summed E-state index contributed by atoms with van der Waals surface area (Å²) < 4.78 is 6.03. The summed E-state index contributed by atoms with van der Waals surface area (Å²) in [7, 11) is 0. The van der Waals surface area contributed by atoms with E-state index in [2.05, 4.69) is 26.1 Å². The van der Waals surface area contributed by atoms with Crippen molar-refractivity contribution in [1.82, 2.24) is 5.32 Å². The average molecular weight is 302 g/mol. The first-order chi connectivity index (χ1) is 10.4. The Morgan fingerprint density at radius 3 is 2.77 bits per heavy atom. The Bertz CT molecular complexity index is 591.